The maximum Gasteiger partial charge on any atom is 0.410 e. The zero-order valence-electron chi connectivity index (χ0n) is 23.2. The molecule has 4 rings (SSSR count). The number of carbonyl (C=O) groups excluding carboxylic acids is 2. The molecule has 0 saturated heterocycles. The van der Waals surface area contributed by atoms with Crippen LogP contribution in [0.25, 0.3) is 11.1 Å². The molecule has 0 bridgehead atoms. The number of ether oxygens (including phenoxy) is 2. The van der Waals surface area contributed by atoms with E-state index in [2.05, 4.69) is 29.6 Å². The molecule has 2 aromatic rings. The highest BCUT2D eigenvalue weighted by molar-refractivity contribution is 5.79. The maximum absolute atomic E-state index is 13.6. The molecule has 0 spiro atoms. The number of nitrogens with one attached hydrogen (secondary N) is 1. The van der Waals surface area contributed by atoms with Crippen molar-refractivity contribution in [3.8, 4) is 11.1 Å². The molecule has 1 fully saturated rings. The van der Waals surface area contributed by atoms with Crippen molar-refractivity contribution < 1.29 is 29.0 Å². The Morgan fingerprint density at radius 1 is 0.974 bits per heavy atom. The topological polar surface area (TPSA) is 105 Å². The Morgan fingerprint density at radius 2 is 1.59 bits per heavy atom. The van der Waals surface area contributed by atoms with Crippen molar-refractivity contribution in [2.45, 2.75) is 76.9 Å². The highest BCUT2D eigenvalue weighted by Crippen LogP contribution is 2.44. The Kier molecular flexibility index (Phi) is 9.15. The molecular weight excluding hydrogens is 496 g/mol. The van der Waals surface area contributed by atoms with Gasteiger partial charge < -0.3 is 24.8 Å². The summed E-state index contributed by atoms with van der Waals surface area (Å²) in [5.41, 5.74) is 4.00. The molecule has 2 unspecified atom stereocenters. The molecule has 39 heavy (non-hydrogen) atoms. The normalized spacial score (nSPS) is 18.5. The first-order valence-electron chi connectivity index (χ1n) is 13.9. The van der Waals surface area contributed by atoms with E-state index < -0.39 is 23.8 Å². The first-order valence-corrected chi connectivity index (χ1v) is 13.9. The largest absolute Gasteiger partial charge is 0.481 e. The third kappa shape index (κ3) is 7.31. The van der Waals surface area contributed by atoms with Gasteiger partial charge in [0, 0.05) is 31.5 Å². The van der Waals surface area contributed by atoms with Crippen LogP contribution in [0.2, 0.25) is 0 Å². The van der Waals surface area contributed by atoms with E-state index in [-0.39, 0.29) is 37.5 Å². The van der Waals surface area contributed by atoms with Crippen LogP contribution in [0.5, 0.6) is 0 Å². The van der Waals surface area contributed by atoms with Crippen LogP contribution in [0.3, 0.4) is 0 Å². The van der Waals surface area contributed by atoms with Gasteiger partial charge in [-0.1, -0.05) is 61.4 Å². The second kappa shape index (κ2) is 12.5. The third-order valence-corrected chi connectivity index (χ3v) is 7.54. The summed E-state index contributed by atoms with van der Waals surface area (Å²) in [7, 11) is 0. The molecule has 2 aliphatic carbocycles. The maximum atomic E-state index is 13.6. The van der Waals surface area contributed by atoms with Crippen molar-refractivity contribution in [2.75, 3.05) is 19.7 Å². The highest BCUT2D eigenvalue weighted by Gasteiger charge is 2.35. The van der Waals surface area contributed by atoms with E-state index in [0.29, 0.717) is 13.0 Å². The molecule has 2 atom stereocenters. The van der Waals surface area contributed by atoms with Crippen LogP contribution in [0.1, 0.15) is 76.3 Å². The monoisotopic (exact) mass is 536 g/mol. The Hall–Kier alpha value is -3.55. The van der Waals surface area contributed by atoms with Crippen LogP contribution in [0, 0.1) is 5.92 Å². The second-order valence-corrected chi connectivity index (χ2v) is 11.5. The van der Waals surface area contributed by atoms with Gasteiger partial charge >= 0.3 is 18.2 Å². The molecule has 210 valence electrons. The van der Waals surface area contributed by atoms with Gasteiger partial charge in [0.1, 0.15) is 12.2 Å². The molecule has 2 aromatic carbocycles. The second-order valence-electron chi connectivity index (χ2n) is 11.5. The van der Waals surface area contributed by atoms with Crippen LogP contribution >= 0.6 is 0 Å². The fraction of sp³-hybridized carbons (Fsp3) is 0.516. The number of benzene rings is 2. The number of alkyl carbamates (subject to hydrolysis) is 1. The third-order valence-electron chi connectivity index (χ3n) is 7.54. The lowest BCUT2D eigenvalue weighted by Crippen LogP contribution is -2.50. The lowest BCUT2D eigenvalue weighted by Gasteiger charge is -2.39. The fourth-order valence-corrected chi connectivity index (χ4v) is 5.84. The van der Waals surface area contributed by atoms with Gasteiger partial charge in [0.15, 0.2) is 0 Å². The van der Waals surface area contributed by atoms with Gasteiger partial charge in [-0.25, -0.2) is 9.59 Å². The molecule has 0 aliphatic heterocycles. The van der Waals surface area contributed by atoms with Crippen molar-refractivity contribution in [3.63, 3.8) is 0 Å². The number of aliphatic carboxylic acids is 1. The summed E-state index contributed by atoms with van der Waals surface area (Å²) < 4.78 is 11.4. The summed E-state index contributed by atoms with van der Waals surface area (Å²) in [6.07, 6.45) is 2.99. The average Bonchev–Trinajstić information content (AvgIpc) is 3.21. The minimum Gasteiger partial charge on any atom is -0.481 e. The van der Waals surface area contributed by atoms with Gasteiger partial charge in [0.05, 0.1) is 0 Å². The zero-order chi connectivity index (χ0) is 28.0. The molecule has 0 radical (unpaired) electrons. The molecule has 0 aromatic heterocycles. The molecule has 1 saturated carbocycles. The molecular formula is C31H40N2O6. The Labute approximate surface area is 230 Å². The summed E-state index contributed by atoms with van der Waals surface area (Å²) in [6, 6.07) is 16.2. The van der Waals surface area contributed by atoms with Gasteiger partial charge in [0.25, 0.3) is 0 Å². The van der Waals surface area contributed by atoms with Crippen molar-refractivity contribution in [3.05, 3.63) is 59.7 Å². The van der Waals surface area contributed by atoms with Gasteiger partial charge in [-0.05, 0) is 68.2 Å². The number of carbonyl (C=O) groups is 3. The van der Waals surface area contributed by atoms with Crippen LogP contribution in [0.15, 0.2) is 48.5 Å². The predicted octanol–water partition coefficient (Wildman–Crippen LogP) is 6.19. The van der Waals surface area contributed by atoms with E-state index in [1.54, 1.807) is 4.90 Å². The van der Waals surface area contributed by atoms with Crippen molar-refractivity contribution in [1.29, 1.82) is 0 Å². The van der Waals surface area contributed by atoms with E-state index in [9.17, 15) is 19.5 Å². The van der Waals surface area contributed by atoms with E-state index in [0.717, 1.165) is 47.9 Å². The van der Waals surface area contributed by atoms with E-state index >= 15 is 0 Å². The Bertz CT molecular complexity index is 1130. The first-order chi connectivity index (χ1) is 18.6. The number of hydrogen-bond donors (Lipinski definition) is 2. The van der Waals surface area contributed by atoms with Crippen molar-refractivity contribution >= 4 is 18.2 Å². The highest BCUT2D eigenvalue weighted by atomic mass is 16.6. The van der Waals surface area contributed by atoms with Gasteiger partial charge in [-0.15, -0.1) is 0 Å². The summed E-state index contributed by atoms with van der Waals surface area (Å²) in [5, 5.41) is 12.1. The fourth-order valence-electron chi connectivity index (χ4n) is 5.84. The van der Waals surface area contributed by atoms with Crippen LogP contribution in [0.4, 0.5) is 9.59 Å². The van der Waals surface area contributed by atoms with Crippen LogP contribution < -0.4 is 5.32 Å². The lowest BCUT2D eigenvalue weighted by atomic mass is 9.83. The van der Waals surface area contributed by atoms with Crippen LogP contribution in [-0.2, 0) is 14.3 Å². The number of hydrogen-bond acceptors (Lipinski definition) is 5. The molecule has 0 heterocycles. The summed E-state index contributed by atoms with van der Waals surface area (Å²) in [6.45, 7) is 6.32. The number of rotatable bonds is 9. The minimum atomic E-state index is -0.894. The molecule has 2 aliphatic rings. The molecule has 8 nitrogen and oxygen atoms in total. The SMILES string of the molecule is CC(C)(C)OC(=O)NCC1CCCCC1N(CCCC(=O)O)C(=O)OCC1c2ccccc2-c2ccccc21. The number of amides is 2. The standard InChI is InChI=1S/C31H40N2O6/c1-31(2,3)39-29(36)32-19-21-11-4-9-16-27(21)33(18-10-17-28(34)35)30(37)38-20-26-24-14-7-5-12-22(24)23-13-6-8-15-25(23)26/h5-8,12-15,21,26-27H,4,9-11,16-20H2,1-3H3,(H,32,36)(H,34,35). The summed E-state index contributed by atoms with van der Waals surface area (Å²) in [5.74, 6) is -0.927. The Balaban J connectivity index is 1.47. The molecule has 8 heteroatoms. The van der Waals surface area contributed by atoms with E-state index in [1.165, 1.54) is 0 Å². The number of carboxylic acid groups (broad SMARTS) is 1. The molecule has 2 amide bonds. The van der Waals surface area contributed by atoms with Crippen LogP contribution in [-0.4, -0.2) is 59.5 Å². The van der Waals surface area contributed by atoms with E-state index in [1.807, 2.05) is 45.0 Å². The van der Waals surface area contributed by atoms with E-state index in [4.69, 9.17) is 9.47 Å². The first kappa shape index (κ1) is 28.5. The summed E-state index contributed by atoms with van der Waals surface area (Å²) in [4.78, 5) is 38.8. The van der Waals surface area contributed by atoms with Gasteiger partial charge in [-0.3, -0.25) is 4.79 Å². The number of nitrogens with zero attached hydrogens (tertiary/aromatic N) is 1. The van der Waals surface area contributed by atoms with Crippen molar-refractivity contribution in [1.82, 2.24) is 10.2 Å². The van der Waals surface area contributed by atoms with Crippen molar-refractivity contribution in [2.24, 2.45) is 5.92 Å². The average molecular weight is 537 g/mol. The number of fused-ring (bicyclic) bond motifs is 3. The quantitative estimate of drug-likeness (QED) is 0.396. The van der Waals surface area contributed by atoms with Gasteiger partial charge in [0.2, 0.25) is 0 Å². The Morgan fingerprint density at radius 3 is 2.21 bits per heavy atom. The predicted molar refractivity (Wildman–Crippen MR) is 149 cm³/mol. The molecule has 2 N–H and O–H groups in total. The number of carboxylic acids is 1. The van der Waals surface area contributed by atoms with Gasteiger partial charge in [-0.2, -0.15) is 0 Å². The minimum absolute atomic E-state index is 0.0246. The lowest BCUT2D eigenvalue weighted by molar-refractivity contribution is -0.137. The smallest absolute Gasteiger partial charge is 0.410 e. The summed E-state index contributed by atoms with van der Waals surface area (Å²) >= 11 is 0. The zero-order valence-corrected chi connectivity index (χ0v) is 23.2.